The van der Waals surface area contributed by atoms with Crippen LogP contribution in [0, 0.1) is 5.92 Å². The van der Waals surface area contributed by atoms with Gasteiger partial charge in [0.1, 0.15) is 0 Å². The standard InChI is InChI=1S/C15H29N3O3S.ClH/c1-3-22(20,21)18-10-7-12(8-11-18)17-14(19)13-6-4-5-9-15(13,2)16;/h12-13H,3-11,16H2,1-2H3,(H,17,19);1H. The highest BCUT2D eigenvalue weighted by Crippen LogP contribution is 2.32. The first kappa shape index (κ1) is 20.7. The molecule has 0 aromatic rings. The number of carbonyl (C=O) groups is 1. The van der Waals surface area contributed by atoms with Gasteiger partial charge < -0.3 is 11.1 Å². The van der Waals surface area contributed by atoms with Gasteiger partial charge in [-0.25, -0.2) is 12.7 Å². The van der Waals surface area contributed by atoms with Crippen LogP contribution < -0.4 is 11.1 Å². The number of amides is 1. The fourth-order valence-corrected chi connectivity index (χ4v) is 4.68. The van der Waals surface area contributed by atoms with Crippen molar-refractivity contribution in [1.82, 2.24) is 9.62 Å². The Labute approximate surface area is 146 Å². The molecule has 0 bridgehead atoms. The second-order valence-electron chi connectivity index (χ2n) is 6.89. The van der Waals surface area contributed by atoms with Crippen LogP contribution in [0.5, 0.6) is 0 Å². The van der Waals surface area contributed by atoms with E-state index in [1.165, 1.54) is 4.31 Å². The highest BCUT2D eigenvalue weighted by molar-refractivity contribution is 7.89. The summed E-state index contributed by atoms with van der Waals surface area (Å²) in [6.07, 6.45) is 5.24. The summed E-state index contributed by atoms with van der Waals surface area (Å²) >= 11 is 0. The molecule has 136 valence electrons. The minimum atomic E-state index is -3.11. The minimum Gasteiger partial charge on any atom is -0.353 e. The zero-order chi connectivity index (χ0) is 16.4. The molecule has 0 radical (unpaired) electrons. The normalized spacial score (nSPS) is 30.5. The second-order valence-corrected chi connectivity index (χ2v) is 9.14. The third-order valence-corrected chi connectivity index (χ3v) is 7.01. The predicted molar refractivity (Wildman–Crippen MR) is 94.0 cm³/mol. The largest absolute Gasteiger partial charge is 0.353 e. The van der Waals surface area contributed by atoms with Crippen LogP contribution in [-0.4, -0.2) is 49.1 Å². The van der Waals surface area contributed by atoms with E-state index in [9.17, 15) is 13.2 Å². The first-order valence-electron chi connectivity index (χ1n) is 8.33. The zero-order valence-corrected chi connectivity index (χ0v) is 15.7. The van der Waals surface area contributed by atoms with Gasteiger partial charge in [0.05, 0.1) is 11.7 Å². The van der Waals surface area contributed by atoms with Gasteiger partial charge in [-0.05, 0) is 39.5 Å². The van der Waals surface area contributed by atoms with Crippen molar-refractivity contribution >= 4 is 28.3 Å². The summed E-state index contributed by atoms with van der Waals surface area (Å²) in [6, 6.07) is 0.0635. The average molecular weight is 368 g/mol. The molecule has 1 saturated carbocycles. The molecule has 1 aliphatic heterocycles. The van der Waals surface area contributed by atoms with E-state index < -0.39 is 15.6 Å². The topological polar surface area (TPSA) is 92.5 Å². The van der Waals surface area contributed by atoms with Crippen LogP contribution in [0.2, 0.25) is 0 Å². The van der Waals surface area contributed by atoms with Gasteiger partial charge in [-0.1, -0.05) is 12.8 Å². The number of nitrogens with zero attached hydrogens (tertiary/aromatic N) is 1. The number of nitrogens with two attached hydrogens (primary N) is 1. The molecule has 1 amide bonds. The Bertz CT molecular complexity index is 502. The van der Waals surface area contributed by atoms with Gasteiger partial charge in [0.2, 0.25) is 15.9 Å². The molecule has 2 unspecified atom stereocenters. The summed E-state index contributed by atoms with van der Waals surface area (Å²) < 4.78 is 25.2. The molecular formula is C15H30ClN3O3S. The van der Waals surface area contributed by atoms with E-state index in [-0.39, 0.29) is 36.0 Å². The second kappa shape index (κ2) is 8.14. The number of hydrogen-bond donors (Lipinski definition) is 2. The number of carbonyl (C=O) groups excluding carboxylic acids is 1. The summed E-state index contributed by atoms with van der Waals surface area (Å²) in [5, 5.41) is 3.09. The first-order valence-corrected chi connectivity index (χ1v) is 9.94. The highest BCUT2D eigenvalue weighted by Gasteiger charge is 2.38. The van der Waals surface area contributed by atoms with Crippen LogP contribution in [-0.2, 0) is 14.8 Å². The maximum absolute atomic E-state index is 12.5. The van der Waals surface area contributed by atoms with Gasteiger partial charge in [-0.15, -0.1) is 12.4 Å². The third kappa shape index (κ3) is 5.05. The fraction of sp³-hybridized carbons (Fsp3) is 0.933. The molecule has 0 aromatic heterocycles. The number of sulfonamides is 1. The van der Waals surface area contributed by atoms with Crippen molar-refractivity contribution in [2.75, 3.05) is 18.8 Å². The maximum Gasteiger partial charge on any atom is 0.225 e. The van der Waals surface area contributed by atoms with Gasteiger partial charge in [0, 0.05) is 24.7 Å². The van der Waals surface area contributed by atoms with Crippen molar-refractivity contribution < 1.29 is 13.2 Å². The molecule has 2 aliphatic rings. The average Bonchev–Trinajstić information content (AvgIpc) is 2.47. The lowest BCUT2D eigenvalue weighted by atomic mass is 9.74. The van der Waals surface area contributed by atoms with Crippen molar-refractivity contribution in [3.05, 3.63) is 0 Å². The number of halogens is 1. The molecule has 2 fully saturated rings. The molecule has 1 aliphatic carbocycles. The van der Waals surface area contributed by atoms with Gasteiger partial charge in [-0.3, -0.25) is 4.79 Å². The van der Waals surface area contributed by atoms with Gasteiger partial charge in [0.15, 0.2) is 0 Å². The Morgan fingerprint density at radius 1 is 1.26 bits per heavy atom. The predicted octanol–water partition coefficient (Wildman–Crippen LogP) is 1.25. The van der Waals surface area contributed by atoms with E-state index in [1.54, 1.807) is 6.92 Å². The van der Waals surface area contributed by atoms with Crippen molar-refractivity contribution in [3.8, 4) is 0 Å². The Kier molecular flexibility index (Phi) is 7.32. The summed E-state index contributed by atoms with van der Waals surface area (Å²) in [5.74, 6) is 0.0533. The summed E-state index contributed by atoms with van der Waals surface area (Å²) in [6.45, 7) is 4.61. The number of piperidine rings is 1. The summed E-state index contributed by atoms with van der Waals surface area (Å²) in [4.78, 5) is 12.5. The number of nitrogens with one attached hydrogen (secondary N) is 1. The third-order valence-electron chi connectivity index (χ3n) is 5.13. The van der Waals surface area contributed by atoms with Gasteiger partial charge >= 0.3 is 0 Å². The van der Waals surface area contributed by atoms with E-state index in [2.05, 4.69) is 5.32 Å². The van der Waals surface area contributed by atoms with Crippen LogP contribution in [0.15, 0.2) is 0 Å². The molecule has 6 nitrogen and oxygen atoms in total. The van der Waals surface area contributed by atoms with Crippen LogP contribution in [0.4, 0.5) is 0 Å². The van der Waals surface area contributed by atoms with E-state index >= 15 is 0 Å². The number of hydrogen-bond acceptors (Lipinski definition) is 4. The van der Waals surface area contributed by atoms with Crippen molar-refractivity contribution in [1.29, 1.82) is 0 Å². The van der Waals surface area contributed by atoms with E-state index in [4.69, 9.17) is 5.73 Å². The van der Waals surface area contributed by atoms with Crippen LogP contribution in [0.25, 0.3) is 0 Å². The maximum atomic E-state index is 12.5. The van der Waals surface area contributed by atoms with Crippen molar-refractivity contribution in [2.24, 2.45) is 11.7 Å². The zero-order valence-electron chi connectivity index (χ0n) is 14.1. The lowest BCUT2D eigenvalue weighted by molar-refractivity contribution is -0.129. The lowest BCUT2D eigenvalue weighted by Crippen LogP contribution is -2.55. The minimum absolute atomic E-state index is 0. The van der Waals surface area contributed by atoms with Crippen LogP contribution in [0.1, 0.15) is 52.4 Å². The van der Waals surface area contributed by atoms with E-state index in [1.807, 2.05) is 6.92 Å². The lowest BCUT2D eigenvalue weighted by Gasteiger charge is -2.39. The monoisotopic (exact) mass is 367 g/mol. The quantitative estimate of drug-likeness (QED) is 0.782. The molecule has 23 heavy (non-hydrogen) atoms. The van der Waals surface area contributed by atoms with E-state index in [0.717, 1.165) is 25.7 Å². The van der Waals surface area contributed by atoms with Gasteiger partial charge in [0.25, 0.3) is 0 Å². The van der Waals surface area contributed by atoms with Gasteiger partial charge in [-0.2, -0.15) is 0 Å². The highest BCUT2D eigenvalue weighted by atomic mass is 35.5. The summed E-state index contributed by atoms with van der Waals surface area (Å²) in [5.41, 5.74) is 5.85. The Morgan fingerprint density at radius 2 is 1.87 bits per heavy atom. The van der Waals surface area contributed by atoms with Crippen LogP contribution >= 0.6 is 12.4 Å². The molecule has 2 rings (SSSR count). The van der Waals surface area contributed by atoms with Crippen molar-refractivity contribution in [3.63, 3.8) is 0 Å². The van der Waals surface area contributed by atoms with Crippen LogP contribution in [0.3, 0.4) is 0 Å². The molecule has 2 atom stereocenters. The number of rotatable bonds is 4. The molecule has 1 heterocycles. The Balaban J connectivity index is 0.00000264. The Morgan fingerprint density at radius 3 is 2.39 bits per heavy atom. The van der Waals surface area contributed by atoms with E-state index in [0.29, 0.717) is 25.9 Å². The summed E-state index contributed by atoms with van der Waals surface area (Å²) in [7, 11) is -3.11. The molecule has 3 N–H and O–H groups in total. The molecule has 1 saturated heterocycles. The smallest absolute Gasteiger partial charge is 0.225 e. The molecule has 0 aromatic carbocycles. The first-order chi connectivity index (χ1) is 10.3. The van der Waals surface area contributed by atoms with Crippen molar-refractivity contribution in [2.45, 2.75) is 64.0 Å². The molecular weight excluding hydrogens is 338 g/mol. The molecule has 0 spiro atoms. The SMILES string of the molecule is CCS(=O)(=O)N1CCC(NC(=O)C2CCCCC2(C)N)CC1.Cl. The fourth-order valence-electron chi connectivity index (χ4n) is 3.55. The molecule has 8 heteroatoms. The Hall–Kier alpha value is -0.370.